The van der Waals surface area contributed by atoms with Crippen LogP contribution in [0.15, 0.2) is 52.5 Å². The molecule has 190 valence electrons. The lowest BCUT2D eigenvalue weighted by molar-refractivity contribution is 0.0730. The lowest BCUT2D eigenvalue weighted by Crippen LogP contribution is -2.40. The number of fused-ring (bicyclic) bond motifs is 1. The Morgan fingerprint density at radius 3 is 2.54 bits per heavy atom. The van der Waals surface area contributed by atoms with Gasteiger partial charge in [0.2, 0.25) is 10.0 Å². The molecule has 2 aromatic carbocycles. The van der Waals surface area contributed by atoms with Crippen molar-refractivity contribution in [2.75, 3.05) is 46.1 Å². The molecule has 0 spiro atoms. The third-order valence-electron chi connectivity index (χ3n) is 5.77. The molecule has 0 atom stereocenters. The molecule has 0 saturated carbocycles. The Kier molecular flexibility index (Phi) is 9.07. The monoisotopic (exact) mass is 519 g/mol. The number of benzene rings is 2. The largest absolute Gasteiger partial charge is 0.494 e. The summed E-state index contributed by atoms with van der Waals surface area (Å²) in [5, 5.41) is 0.867. The van der Waals surface area contributed by atoms with Gasteiger partial charge in [0.05, 0.1) is 35.7 Å². The van der Waals surface area contributed by atoms with Crippen molar-refractivity contribution >= 4 is 32.8 Å². The minimum atomic E-state index is -3.58. The highest BCUT2D eigenvalue weighted by atomic mass is 32.2. The van der Waals surface area contributed by atoms with Crippen molar-refractivity contribution in [3.63, 3.8) is 0 Å². The molecule has 1 aliphatic heterocycles. The van der Waals surface area contributed by atoms with E-state index in [-0.39, 0.29) is 4.90 Å². The lowest BCUT2D eigenvalue weighted by Gasteiger charge is -2.26. The van der Waals surface area contributed by atoms with E-state index in [0.717, 1.165) is 35.1 Å². The van der Waals surface area contributed by atoms with Gasteiger partial charge in [-0.05, 0) is 56.2 Å². The Bertz CT molecular complexity index is 1210. The van der Waals surface area contributed by atoms with Gasteiger partial charge >= 0.3 is 0 Å². The lowest BCUT2D eigenvalue weighted by atomic mass is 10.2. The Hall–Kier alpha value is -2.11. The van der Waals surface area contributed by atoms with Crippen LogP contribution in [-0.2, 0) is 31.8 Å². The van der Waals surface area contributed by atoms with Gasteiger partial charge in [-0.1, -0.05) is 23.9 Å². The number of aryl methyl sites for hydroxylation is 1. The number of hydrogen-bond donors (Lipinski definition) is 0. The van der Waals surface area contributed by atoms with E-state index in [4.69, 9.17) is 19.2 Å². The van der Waals surface area contributed by atoms with Crippen molar-refractivity contribution in [1.82, 2.24) is 13.9 Å². The summed E-state index contributed by atoms with van der Waals surface area (Å²) in [6.07, 6.45) is 0.851. The van der Waals surface area contributed by atoms with Crippen LogP contribution in [0.1, 0.15) is 25.8 Å². The summed E-state index contributed by atoms with van der Waals surface area (Å²) in [4.78, 5) is 5.12. The molecule has 3 aromatic rings. The number of rotatable bonds is 12. The zero-order valence-corrected chi connectivity index (χ0v) is 21.9. The number of sulfonamides is 1. The highest BCUT2D eigenvalue weighted by Crippen LogP contribution is 2.30. The van der Waals surface area contributed by atoms with Gasteiger partial charge in [-0.2, -0.15) is 4.31 Å². The van der Waals surface area contributed by atoms with Crippen LogP contribution in [0.2, 0.25) is 0 Å². The average Bonchev–Trinajstić information content (AvgIpc) is 3.23. The van der Waals surface area contributed by atoms with Gasteiger partial charge in [0, 0.05) is 38.6 Å². The Labute approximate surface area is 211 Å². The molecule has 0 amide bonds. The number of morpholine rings is 1. The summed E-state index contributed by atoms with van der Waals surface area (Å²) in [5.41, 5.74) is 2.78. The Balaban J connectivity index is 1.58. The summed E-state index contributed by atoms with van der Waals surface area (Å²) in [6, 6.07) is 13.3. The molecule has 1 fully saturated rings. The Morgan fingerprint density at radius 2 is 1.83 bits per heavy atom. The van der Waals surface area contributed by atoms with Crippen LogP contribution in [0.4, 0.5) is 0 Å². The van der Waals surface area contributed by atoms with E-state index in [1.54, 1.807) is 23.9 Å². The molecule has 2 heterocycles. The van der Waals surface area contributed by atoms with Crippen molar-refractivity contribution in [3.05, 3.63) is 48.0 Å². The van der Waals surface area contributed by atoms with Crippen LogP contribution in [-0.4, -0.2) is 68.4 Å². The molecule has 0 radical (unpaired) electrons. The quantitative estimate of drug-likeness (QED) is 0.262. The molecule has 0 N–H and O–H groups in total. The first-order valence-electron chi connectivity index (χ1n) is 12.0. The third kappa shape index (κ3) is 6.37. The second kappa shape index (κ2) is 12.2. The summed E-state index contributed by atoms with van der Waals surface area (Å²) >= 11 is 1.64. The molecule has 10 heteroatoms. The van der Waals surface area contributed by atoms with Gasteiger partial charge in [-0.3, -0.25) is 0 Å². The van der Waals surface area contributed by atoms with Gasteiger partial charge in [0.15, 0.2) is 5.16 Å². The SMILES string of the molecule is CCOCCCn1c(SCc2ccc(OCC)cc2)nc2cc(S(=O)(=O)N3CCOCC3)ccc21. The zero-order valence-electron chi connectivity index (χ0n) is 20.3. The Morgan fingerprint density at radius 1 is 1.06 bits per heavy atom. The van der Waals surface area contributed by atoms with E-state index in [1.165, 1.54) is 9.87 Å². The van der Waals surface area contributed by atoms with E-state index < -0.39 is 10.0 Å². The first-order valence-corrected chi connectivity index (χ1v) is 14.5. The van der Waals surface area contributed by atoms with E-state index in [2.05, 4.69) is 16.7 Å². The fourth-order valence-electron chi connectivity index (χ4n) is 3.98. The number of hydrogen-bond acceptors (Lipinski definition) is 7. The van der Waals surface area contributed by atoms with Gasteiger partial charge in [0.25, 0.3) is 0 Å². The van der Waals surface area contributed by atoms with E-state index >= 15 is 0 Å². The molecule has 1 aromatic heterocycles. The highest BCUT2D eigenvalue weighted by molar-refractivity contribution is 7.98. The van der Waals surface area contributed by atoms with Crippen LogP contribution in [0, 0.1) is 0 Å². The highest BCUT2D eigenvalue weighted by Gasteiger charge is 2.27. The summed E-state index contributed by atoms with van der Waals surface area (Å²) in [6.45, 7) is 8.28. The second-order valence-corrected chi connectivity index (χ2v) is 11.0. The molecule has 4 rings (SSSR count). The fourth-order valence-corrected chi connectivity index (χ4v) is 6.40. The molecule has 0 bridgehead atoms. The van der Waals surface area contributed by atoms with E-state index in [9.17, 15) is 8.42 Å². The molecule has 1 aliphatic rings. The number of imidazole rings is 1. The first-order chi connectivity index (χ1) is 17.0. The van der Waals surface area contributed by atoms with Crippen LogP contribution in [0.25, 0.3) is 11.0 Å². The standard InChI is InChI=1S/C25H33N3O5S2/c1-3-31-15-5-12-28-24-11-10-22(35(29,30)27-13-16-32-17-14-27)18-23(24)26-25(28)34-19-20-6-8-21(9-7-20)33-4-2/h6-11,18H,3-5,12-17,19H2,1-2H3. The first kappa shape index (κ1) is 26.0. The van der Waals surface area contributed by atoms with E-state index in [0.29, 0.717) is 51.6 Å². The molecule has 8 nitrogen and oxygen atoms in total. The number of aromatic nitrogens is 2. The predicted octanol–water partition coefficient (Wildman–Crippen LogP) is 4.17. The maximum atomic E-state index is 13.2. The van der Waals surface area contributed by atoms with Crippen LogP contribution in [0.3, 0.4) is 0 Å². The zero-order chi connectivity index (χ0) is 24.7. The molecular weight excluding hydrogens is 486 g/mol. The number of thioether (sulfide) groups is 1. The maximum absolute atomic E-state index is 13.2. The number of nitrogens with zero attached hydrogens (tertiary/aromatic N) is 3. The minimum absolute atomic E-state index is 0.272. The van der Waals surface area contributed by atoms with Crippen LogP contribution in [0.5, 0.6) is 5.75 Å². The second-order valence-electron chi connectivity index (χ2n) is 8.13. The average molecular weight is 520 g/mol. The van der Waals surface area contributed by atoms with E-state index in [1.807, 2.05) is 32.0 Å². The minimum Gasteiger partial charge on any atom is -0.494 e. The van der Waals surface area contributed by atoms with Crippen molar-refractivity contribution in [3.8, 4) is 5.75 Å². The predicted molar refractivity (Wildman–Crippen MR) is 138 cm³/mol. The van der Waals surface area contributed by atoms with Crippen molar-refractivity contribution < 1.29 is 22.6 Å². The van der Waals surface area contributed by atoms with Crippen molar-refractivity contribution in [2.45, 2.75) is 42.6 Å². The topological polar surface area (TPSA) is 82.9 Å². The van der Waals surface area contributed by atoms with Gasteiger partial charge in [-0.25, -0.2) is 13.4 Å². The molecule has 0 unspecified atom stereocenters. The van der Waals surface area contributed by atoms with Crippen LogP contribution < -0.4 is 4.74 Å². The molecule has 0 aliphatic carbocycles. The molecule has 1 saturated heterocycles. The van der Waals surface area contributed by atoms with Gasteiger partial charge in [-0.15, -0.1) is 0 Å². The third-order valence-corrected chi connectivity index (χ3v) is 8.71. The molecule has 35 heavy (non-hydrogen) atoms. The van der Waals surface area contributed by atoms with Crippen LogP contribution >= 0.6 is 11.8 Å². The molecular formula is C25H33N3O5S2. The summed E-state index contributed by atoms with van der Waals surface area (Å²) < 4.78 is 46.3. The summed E-state index contributed by atoms with van der Waals surface area (Å²) in [7, 11) is -3.58. The normalized spacial score (nSPS) is 15.0. The summed E-state index contributed by atoms with van der Waals surface area (Å²) in [5.74, 6) is 1.61. The maximum Gasteiger partial charge on any atom is 0.243 e. The smallest absolute Gasteiger partial charge is 0.243 e. The number of ether oxygens (including phenoxy) is 3. The van der Waals surface area contributed by atoms with Crippen molar-refractivity contribution in [2.24, 2.45) is 0 Å². The van der Waals surface area contributed by atoms with Gasteiger partial charge in [0.1, 0.15) is 5.75 Å². The van der Waals surface area contributed by atoms with Crippen molar-refractivity contribution in [1.29, 1.82) is 0 Å². The fraction of sp³-hybridized carbons (Fsp3) is 0.480. The van der Waals surface area contributed by atoms with Gasteiger partial charge < -0.3 is 18.8 Å².